The lowest BCUT2D eigenvalue weighted by Gasteiger charge is -2.35. The van der Waals surface area contributed by atoms with Gasteiger partial charge in [0, 0.05) is 66.6 Å². The van der Waals surface area contributed by atoms with Crippen LogP contribution in [0.3, 0.4) is 0 Å². The van der Waals surface area contributed by atoms with Gasteiger partial charge in [0.05, 0.1) is 12.1 Å². The van der Waals surface area contributed by atoms with Crippen LogP contribution >= 0.6 is 11.6 Å². The fourth-order valence-electron chi connectivity index (χ4n) is 4.16. The van der Waals surface area contributed by atoms with E-state index in [1.165, 1.54) is 0 Å². The number of nitrogens with zero attached hydrogens (tertiary/aromatic N) is 5. The number of aromatic nitrogens is 3. The van der Waals surface area contributed by atoms with Crippen LogP contribution in [0.4, 0.5) is 24.8 Å². The molecule has 4 aromatic rings. The zero-order valence-corrected chi connectivity index (χ0v) is 23.8. The lowest BCUT2D eigenvalue weighted by Crippen LogP contribution is -2.51. The van der Waals surface area contributed by atoms with Gasteiger partial charge in [0.15, 0.2) is 0 Å². The molecule has 44 heavy (non-hydrogen) atoms. The van der Waals surface area contributed by atoms with E-state index in [1.54, 1.807) is 35.6 Å². The molecule has 0 aliphatic carbocycles. The third kappa shape index (κ3) is 8.98. The summed E-state index contributed by atoms with van der Waals surface area (Å²) >= 11 is 5.98. The molecule has 3 heterocycles. The molecule has 1 aliphatic heterocycles. The number of hydrogen-bond acceptors (Lipinski definition) is 7. The predicted molar refractivity (Wildman–Crippen MR) is 156 cm³/mol. The molecule has 5 rings (SSSR count). The summed E-state index contributed by atoms with van der Waals surface area (Å²) in [5.74, 6) is -2.30. The van der Waals surface area contributed by atoms with Crippen molar-refractivity contribution in [2.75, 3.05) is 31.5 Å². The molecular formula is C30H26ClF3N6O4. The third-order valence-corrected chi connectivity index (χ3v) is 6.68. The summed E-state index contributed by atoms with van der Waals surface area (Å²) in [4.78, 5) is 51.0. The molecule has 10 nitrogen and oxygen atoms in total. The van der Waals surface area contributed by atoms with Gasteiger partial charge in [-0.05, 0) is 54.1 Å². The Morgan fingerprint density at radius 3 is 2.11 bits per heavy atom. The van der Waals surface area contributed by atoms with Gasteiger partial charge in [-0.3, -0.25) is 14.6 Å². The fourth-order valence-corrected chi connectivity index (χ4v) is 4.28. The first-order chi connectivity index (χ1) is 21.0. The molecule has 228 valence electrons. The molecule has 2 aromatic carbocycles. The molecule has 2 N–H and O–H groups in total. The van der Waals surface area contributed by atoms with Gasteiger partial charge in [0.2, 0.25) is 11.9 Å². The first-order valence-electron chi connectivity index (χ1n) is 13.2. The first-order valence-corrected chi connectivity index (χ1v) is 13.6. The van der Waals surface area contributed by atoms with E-state index in [-0.39, 0.29) is 11.8 Å². The average Bonchev–Trinajstić information content (AvgIpc) is 3.02. The van der Waals surface area contributed by atoms with Crippen LogP contribution in [0, 0.1) is 0 Å². The number of alkyl halides is 3. The number of rotatable bonds is 6. The Labute approximate surface area is 255 Å². The topological polar surface area (TPSA) is 129 Å². The van der Waals surface area contributed by atoms with Crippen molar-refractivity contribution in [2.24, 2.45) is 0 Å². The van der Waals surface area contributed by atoms with Gasteiger partial charge in [0.1, 0.15) is 0 Å². The highest BCUT2D eigenvalue weighted by Gasteiger charge is 2.38. The lowest BCUT2D eigenvalue weighted by molar-refractivity contribution is -0.192. The predicted octanol–water partition coefficient (Wildman–Crippen LogP) is 5.10. The van der Waals surface area contributed by atoms with Crippen LogP contribution in [0.5, 0.6) is 0 Å². The molecule has 0 bridgehead atoms. The van der Waals surface area contributed by atoms with Crippen LogP contribution in [-0.2, 0) is 16.0 Å². The highest BCUT2D eigenvalue weighted by atomic mass is 35.5. The molecule has 0 unspecified atom stereocenters. The number of carboxylic acids is 1. The minimum Gasteiger partial charge on any atom is -0.475 e. The van der Waals surface area contributed by atoms with E-state index in [4.69, 9.17) is 21.5 Å². The molecule has 2 aromatic heterocycles. The van der Waals surface area contributed by atoms with E-state index in [1.807, 2.05) is 59.5 Å². The maximum atomic E-state index is 13.0. The Bertz CT molecular complexity index is 1580. The van der Waals surface area contributed by atoms with Crippen LogP contribution < -0.4 is 5.32 Å². The Hall–Kier alpha value is -5.04. The Kier molecular flexibility index (Phi) is 10.5. The highest BCUT2D eigenvalue weighted by molar-refractivity contribution is 6.30. The quantitative estimate of drug-likeness (QED) is 0.303. The number of amides is 2. The van der Waals surface area contributed by atoms with Crippen molar-refractivity contribution in [2.45, 2.75) is 12.6 Å². The largest absolute Gasteiger partial charge is 0.490 e. The summed E-state index contributed by atoms with van der Waals surface area (Å²) in [6.07, 6.45) is 0.328. The number of benzene rings is 2. The maximum absolute atomic E-state index is 13.0. The minimum atomic E-state index is -5.08. The number of carbonyl (C=O) groups excluding carboxylic acids is 2. The molecular weight excluding hydrogens is 601 g/mol. The van der Waals surface area contributed by atoms with Crippen molar-refractivity contribution in [1.29, 1.82) is 0 Å². The average molecular weight is 627 g/mol. The van der Waals surface area contributed by atoms with E-state index in [9.17, 15) is 22.8 Å². The molecule has 0 spiro atoms. The number of halogens is 4. The number of aliphatic carboxylic acids is 1. The van der Waals surface area contributed by atoms with Crippen LogP contribution in [0.25, 0.3) is 11.3 Å². The van der Waals surface area contributed by atoms with Gasteiger partial charge >= 0.3 is 12.1 Å². The zero-order valence-electron chi connectivity index (χ0n) is 23.0. The van der Waals surface area contributed by atoms with Crippen LogP contribution in [0.2, 0.25) is 5.02 Å². The number of pyridine rings is 1. The summed E-state index contributed by atoms with van der Waals surface area (Å²) in [7, 11) is 0. The SMILES string of the molecule is O=C(Cc1cccnc1)N1CCN(C(=O)c2ccc(Nc3nccc(-c4ccc(Cl)cc4)n3)cc2)CC1.O=C(O)C(F)(F)F. The molecule has 1 saturated heterocycles. The normalized spacial score (nSPS) is 13.0. The number of hydrogen-bond donors (Lipinski definition) is 2. The Balaban J connectivity index is 0.000000566. The van der Waals surface area contributed by atoms with Crippen molar-refractivity contribution in [3.05, 3.63) is 101 Å². The van der Waals surface area contributed by atoms with Gasteiger partial charge in [-0.15, -0.1) is 0 Å². The highest BCUT2D eigenvalue weighted by Crippen LogP contribution is 2.22. The number of piperazine rings is 1. The van der Waals surface area contributed by atoms with Crippen molar-refractivity contribution < 1.29 is 32.7 Å². The first kappa shape index (κ1) is 31.9. The van der Waals surface area contributed by atoms with Crippen molar-refractivity contribution in [1.82, 2.24) is 24.8 Å². The van der Waals surface area contributed by atoms with Crippen LogP contribution in [-0.4, -0.2) is 80.0 Å². The van der Waals surface area contributed by atoms with Crippen LogP contribution in [0.1, 0.15) is 15.9 Å². The van der Waals surface area contributed by atoms with Gasteiger partial charge in [-0.2, -0.15) is 13.2 Å². The summed E-state index contributed by atoms with van der Waals surface area (Å²) in [5.41, 5.74) is 3.97. The molecule has 2 amide bonds. The molecule has 1 aliphatic rings. The van der Waals surface area contributed by atoms with Crippen molar-refractivity contribution in [3.63, 3.8) is 0 Å². The molecule has 14 heteroatoms. The van der Waals surface area contributed by atoms with E-state index in [2.05, 4.69) is 20.3 Å². The van der Waals surface area contributed by atoms with Crippen LogP contribution in [0.15, 0.2) is 85.3 Å². The second-order valence-corrected chi connectivity index (χ2v) is 9.93. The Morgan fingerprint density at radius 1 is 0.886 bits per heavy atom. The number of nitrogens with one attached hydrogen (secondary N) is 1. The second-order valence-electron chi connectivity index (χ2n) is 9.49. The smallest absolute Gasteiger partial charge is 0.475 e. The summed E-state index contributed by atoms with van der Waals surface area (Å²) in [6.45, 7) is 2.05. The minimum absolute atomic E-state index is 0.0492. The fraction of sp³-hybridized carbons (Fsp3) is 0.200. The van der Waals surface area contributed by atoms with Crippen molar-refractivity contribution >= 4 is 41.0 Å². The summed E-state index contributed by atoms with van der Waals surface area (Å²) in [6, 6.07) is 20.3. The van der Waals surface area contributed by atoms with Gasteiger partial charge in [-0.1, -0.05) is 29.8 Å². The molecule has 0 atom stereocenters. The van der Waals surface area contributed by atoms with E-state index in [0.29, 0.717) is 49.1 Å². The van der Waals surface area contributed by atoms with E-state index >= 15 is 0 Å². The van der Waals surface area contributed by atoms with Gasteiger partial charge < -0.3 is 20.2 Å². The number of anilines is 2. The molecule has 0 saturated carbocycles. The standard InChI is InChI=1S/C28H25ClN6O2.C2HF3O2/c29-23-7-3-21(4-8-23)25-11-13-31-28(33-25)32-24-9-5-22(6-10-24)27(37)35-16-14-34(15-17-35)26(36)18-20-2-1-12-30-19-20;3-2(4,5)1(6)7/h1-13,19H,14-18H2,(H,31,32,33);(H,6,7). The maximum Gasteiger partial charge on any atom is 0.490 e. The van der Waals surface area contributed by atoms with E-state index < -0.39 is 12.1 Å². The second kappa shape index (κ2) is 14.4. The van der Waals surface area contributed by atoms with Gasteiger partial charge in [0.25, 0.3) is 5.91 Å². The molecule has 1 fully saturated rings. The van der Waals surface area contributed by atoms with Crippen molar-refractivity contribution in [3.8, 4) is 11.3 Å². The number of carbonyl (C=O) groups is 3. The lowest BCUT2D eigenvalue weighted by atomic mass is 10.1. The monoisotopic (exact) mass is 626 g/mol. The summed E-state index contributed by atoms with van der Waals surface area (Å²) in [5, 5.41) is 11.0. The molecule has 0 radical (unpaired) electrons. The Morgan fingerprint density at radius 2 is 1.52 bits per heavy atom. The number of carboxylic acid groups (broad SMARTS) is 1. The third-order valence-electron chi connectivity index (χ3n) is 6.42. The van der Waals surface area contributed by atoms with Gasteiger partial charge in [-0.25, -0.2) is 14.8 Å². The summed E-state index contributed by atoms with van der Waals surface area (Å²) < 4.78 is 31.7. The zero-order chi connectivity index (χ0) is 31.7. The van der Waals surface area contributed by atoms with E-state index in [0.717, 1.165) is 22.5 Å².